The van der Waals surface area contributed by atoms with Crippen LogP contribution in [0.4, 0.5) is 0 Å². The van der Waals surface area contributed by atoms with E-state index >= 15 is 0 Å². The number of benzene rings is 2. The van der Waals surface area contributed by atoms with E-state index < -0.39 is 0 Å². The topological polar surface area (TPSA) is 21.3 Å². The number of thioether (sulfide) groups is 1. The van der Waals surface area contributed by atoms with E-state index in [-0.39, 0.29) is 0 Å². The van der Waals surface area contributed by atoms with Gasteiger partial charge in [0.1, 0.15) is 5.75 Å². The van der Waals surface area contributed by atoms with Crippen molar-refractivity contribution in [2.75, 3.05) is 19.4 Å². The van der Waals surface area contributed by atoms with E-state index in [0.717, 1.165) is 28.0 Å². The fourth-order valence-corrected chi connectivity index (χ4v) is 3.15. The Morgan fingerprint density at radius 3 is 2.76 bits per heavy atom. The molecule has 112 valence electrons. The largest absolute Gasteiger partial charge is 0.497 e. The summed E-state index contributed by atoms with van der Waals surface area (Å²) in [5.74, 6) is 1.88. The van der Waals surface area contributed by atoms with E-state index in [0.29, 0.717) is 6.04 Å². The highest BCUT2D eigenvalue weighted by Crippen LogP contribution is 2.26. The number of methoxy groups -OCH3 is 1. The lowest BCUT2D eigenvalue weighted by Crippen LogP contribution is -2.21. The number of rotatable bonds is 7. The zero-order valence-electron chi connectivity index (χ0n) is 12.3. The number of halogens is 1. The molecule has 0 aliphatic carbocycles. The maximum absolute atomic E-state index is 6.14. The fraction of sp³-hybridized carbons (Fsp3) is 0.294. The first kappa shape index (κ1) is 16.2. The van der Waals surface area contributed by atoms with Gasteiger partial charge in [-0.25, -0.2) is 0 Å². The molecule has 0 aliphatic rings. The second kappa shape index (κ2) is 8.32. The van der Waals surface area contributed by atoms with Crippen molar-refractivity contribution in [3.05, 3.63) is 59.1 Å². The summed E-state index contributed by atoms with van der Waals surface area (Å²) in [6.45, 7) is 3.09. The summed E-state index contributed by atoms with van der Waals surface area (Å²) in [6, 6.07) is 16.4. The predicted octanol–water partition coefficient (Wildman–Crippen LogP) is 4.79. The standard InChI is InChI=1S/C17H20ClNOS/c1-13(14-6-5-7-15(12-14)20-2)19-10-11-21-17-9-4-3-8-16(17)18/h3-9,12-13,19H,10-11H2,1-2H3. The van der Waals surface area contributed by atoms with Crippen molar-refractivity contribution in [1.82, 2.24) is 5.32 Å². The maximum Gasteiger partial charge on any atom is 0.119 e. The lowest BCUT2D eigenvalue weighted by Gasteiger charge is -2.15. The van der Waals surface area contributed by atoms with Crippen LogP contribution in [0.5, 0.6) is 5.75 Å². The lowest BCUT2D eigenvalue weighted by molar-refractivity contribution is 0.413. The smallest absolute Gasteiger partial charge is 0.119 e. The van der Waals surface area contributed by atoms with Crippen LogP contribution in [0.15, 0.2) is 53.4 Å². The van der Waals surface area contributed by atoms with E-state index in [1.807, 2.05) is 30.3 Å². The Bertz CT molecular complexity index is 576. The van der Waals surface area contributed by atoms with E-state index in [1.165, 1.54) is 5.56 Å². The van der Waals surface area contributed by atoms with E-state index in [1.54, 1.807) is 18.9 Å². The molecule has 0 aliphatic heterocycles. The molecule has 0 bridgehead atoms. The normalized spacial score (nSPS) is 12.1. The molecule has 4 heteroatoms. The van der Waals surface area contributed by atoms with Crippen molar-refractivity contribution in [2.45, 2.75) is 17.9 Å². The summed E-state index contributed by atoms with van der Waals surface area (Å²) >= 11 is 7.91. The average molecular weight is 322 g/mol. The molecule has 0 saturated heterocycles. The van der Waals surface area contributed by atoms with Gasteiger partial charge in [-0.05, 0) is 36.8 Å². The summed E-state index contributed by atoms with van der Waals surface area (Å²) in [6.07, 6.45) is 0. The molecule has 2 rings (SSSR count). The second-order valence-corrected chi connectivity index (χ2v) is 6.28. The van der Waals surface area contributed by atoms with Crippen LogP contribution in [0.3, 0.4) is 0 Å². The average Bonchev–Trinajstić information content (AvgIpc) is 2.53. The van der Waals surface area contributed by atoms with E-state index in [4.69, 9.17) is 16.3 Å². The number of nitrogens with one attached hydrogen (secondary N) is 1. The molecule has 2 nitrogen and oxygen atoms in total. The Morgan fingerprint density at radius 2 is 2.00 bits per heavy atom. The maximum atomic E-state index is 6.14. The van der Waals surface area contributed by atoms with Crippen LogP contribution in [0, 0.1) is 0 Å². The van der Waals surface area contributed by atoms with Gasteiger partial charge in [0.05, 0.1) is 12.1 Å². The summed E-state index contributed by atoms with van der Waals surface area (Å²) in [4.78, 5) is 1.13. The van der Waals surface area contributed by atoms with Gasteiger partial charge < -0.3 is 10.1 Å². The molecule has 0 radical (unpaired) electrons. The van der Waals surface area contributed by atoms with Gasteiger partial charge in [0, 0.05) is 23.2 Å². The zero-order chi connectivity index (χ0) is 15.1. The molecule has 1 atom stereocenters. The van der Waals surface area contributed by atoms with Gasteiger partial charge in [-0.15, -0.1) is 11.8 Å². The minimum Gasteiger partial charge on any atom is -0.497 e. The highest BCUT2D eigenvalue weighted by atomic mass is 35.5. The summed E-state index contributed by atoms with van der Waals surface area (Å²) in [5.41, 5.74) is 1.23. The summed E-state index contributed by atoms with van der Waals surface area (Å²) in [5, 5.41) is 4.34. The molecule has 0 fully saturated rings. The van der Waals surface area contributed by atoms with Crippen LogP contribution < -0.4 is 10.1 Å². The molecule has 21 heavy (non-hydrogen) atoms. The van der Waals surface area contributed by atoms with Gasteiger partial charge in [0.2, 0.25) is 0 Å². The highest BCUT2D eigenvalue weighted by molar-refractivity contribution is 7.99. The molecule has 0 amide bonds. The van der Waals surface area contributed by atoms with Crippen LogP contribution in [-0.4, -0.2) is 19.4 Å². The van der Waals surface area contributed by atoms with Crippen LogP contribution >= 0.6 is 23.4 Å². The number of hydrogen-bond acceptors (Lipinski definition) is 3. The minimum absolute atomic E-state index is 0.298. The van der Waals surface area contributed by atoms with Crippen LogP contribution in [-0.2, 0) is 0 Å². The molecule has 2 aromatic carbocycles. The lowest BCUT2D eigenvalue weighted by atomic mass is 10.1. The molecule has 0 aromatic heterocycles. The number of ether oxygens (including phenoxy) is 1. The molecule has 2 aromatic rings. The van der Waals surface area contributed by atoms with Gasteiger partial charge in [-0.2, -0.15) is 0 Å². The molecule has 1 unspecified atom stereocenters. The quantitative estimate of drug-likeness (QED) is 0.585. The third-order valence-corrected chi connectivity index (χ3v) is 4.76. The van der Waals surface area contributed by atoms with Crippen molar-refractivity contribution in [2.24, 2.45) is 0 Å². The number of hydrogen-bond donors (Lipinski definition) is 1. The SMILES string of the molecule is COc1cccc(C(C)NCCSc2ccccc2Cl)c1. The first-order valence-corrected chi connectivity index (χ1v) is 8.31. The van der Waals surface area contributed by atoms with Crippen molar-refractivity contribution in [3.63, 3.8) is 0 Å². The predicted molar refractivity (Wildman–Crippen MR) is 91.6 cm³/mol. The third kappa shape index (κ3) is 4.95. The third-order valence-electron chi connectivity index (χ3n) is 3.24. The monoisotopic (exact) mass is 321 g/mol. The molecule has 0 heterocycles. The van der Waals surface area contributed by atoms with Crippen molar-refractivity contribution in [3.8, 4) is 5.75 Å². The molecule has 1 N–H and O–H groups in total. The zero-order valence-corrected chi connectivity index (χ0v) is 13.9. The second-order valence-electron chi connectivity index (χ2n) is 4.73. The van der Waals surface area contributed by atoms with Gasteiger partial charge in [-0.1, -0.05) is 35.9 Å². The van der Waals surface area contributed by atoms with Gasteiger partial charge in [0.15, 0.2) is 0 Å². The molecular weight excluding hydrogens is 302 g/mol. The Kier molecular flexibility index (Phi) is 6.43. The molecule has 0 spiro atoms. The van der Waals surface area contributed by atoms with E-state index in [9.17, 15) is 0 Å². The first-order chi connectivity index (χ1) is 10.2. The van der Waals surface area contributed by atoms with Crippen LogP contribution in [0.25, 0.3) is 0 Å². The van der Waals surface area contributed by atoms with Crippen molar-refractivity contribution >= 4 is 23.4 Å². The minimum atomic E-state index is 0.298. The Balaban J connectivity index is 1.79. The Hall–Kier alpha value is -1.16. The van der Waals surface area contributed by atoms with Gasteiger partial charge in [-0.3, -0.25) is 0 Å². The summed E-state index contributed by atoms with van der Waals surface area (Å²) < 4.78 is 5.26. The van der Waals surface area contributed by atoms with Crippen molar-refractivity contribution in [1.29, 1.82) is 0 Å². The first-order valence-electron chi connectivity index (χ1n) is 6.95. The fourth-order valence-electron chi connectivity index (χ4n) is 2.03. The van der Waals surface area contributed by atoms with Crippen molar-refractivity contribution < 1.29 is 4.74 Å². The Morgan fingerprint density at radius 1 is 1.19 bits per heavy atom. The van der Waals surface area contributed by atoms with Gasteiger partial charge >= 0.3 is 0 Å². The van der Waals surface area contributed by atoms with E-state index in [2.05, 4.69) is 30.4 Å². The Labute approximate surface area is 135 Å². The van der Waals surface area contributed by atoms with Crippen LogP contribution in [0.2, 0.25) is 5.02 Å². The highest BCUT2D eigenvalue weighted by Gasteiger charge is 2.06. The summed E-state index contributed by atoms with van der Waals surface area (Å²) in [7, 11) is 1.69. The molecule has 0 saturated carbocycles. The van der Waals surface area contributed by atoms with Gasteiger partial charge in [0.25, 0.3) is 0 Å². The van der Waals surface area contributed by atoms with Crippen LogP contribution in [0.1, 0.15) is 18.5 Å². The molecular formula is C17H20ClNOS.